The van der Waals surface area contributed by atoms with Crippen LogP contribution in [0.15, 0.2) is 65.6 Å². The fourth-order valence-electron chi connectivity index (χ4n) is 3.46. The Kier molecular flexibility index (Phi) is 7.07. The molecule has 5 nitrogen and oxygen atoms in total. The first-order chi connectivity index (χ1) is 14.5. The lowest BCUT2D eigenvalue weighted by atomic mass is 9.99. The van der Waals surface area contributed by atoms with E-state index in [4.69, 9.17) is 0 Å². The molecule has 1 heterocycles. The number of aromatic nitrogens is 2. The number of aryl methyl sites for hydroxylation is 1. The average molecular weight is 405 g/mol. The maximum absolute atomic E-state index is 12.9. The molecular formula is C25H28N2O3. The monoisotopic (exact) mass is 404 g/mol. The van der Waals surface area contributed by atoms with Gasteiger partial charge in [0, 0.05) is 12.7 Å². The van der Waals surface area contributed by atoms with Gasteiger partial charge in [0.2, 0.25) is 0 Å². The highest BCUT2D eigenvalue weighted by Gasteiger charge is 2.12. The highest BCUT2D eigenvalue weighted by atomic mass is 16.4. The number of allylic oxidation sites excluding steroid dienone is 1. The standard InChI is InChI=1S/C25H28N2O3/c1-3-5-9-21-18-26(16-6-4-2)25(30)27(21)17-19-12-14-20(15-13-19)22-10-7-8-11-23(22)24(28)29/h5,7-15,18H,3-4,6,16-17H2,1-2H3,(H,28,29). The molecule has 1 N–H and O–H groups in total. The average Bonchev–Trinajstić information content (AvgIpc) is 3.05. The number of nitrogens with zero attached hydrogens (tertiary/aromatic N) is 2. The van der Waals surface area contributed by atoms with Crippen LogP contribution in [-0.2, 0) is 13.1 Å². The molecule has 3 aromatic rings. The largest absolute Gasteiger partial charge is 0.478 e. The van der Waals surface area contributed by atoms with Crippen molar-refractivity contribution in [1.82, 2.24) is 9.13 Å². The van der Waals surface area contributed by atoms with E-state index < -0.39 is 5.97 Å². The van der Waals surface area contributed by atoms with Gasteiger partial charge >= 0.3 is 11.7 Å². The van der Waals surface area contributed by atoms with Gasteiger partial charge in [-0.15, -0.1) is 0 Å². The molecule has 2 aromatic carbocycles. The summed E-state index contributed by atoms with van der Waals surface area (Å²) in [6, 6.07) is 14.7. The van der Waals surface area contributed by atoms with Crippen LogP contribution in [0.4, 0.5) is 0 Å². The number of unbranched alkanes of at least 4 members (excludes halogenated alkanes) is 1. The van der Waals surface area contributed by atoms with Crippen LogP contribution in [0.2, 0.25) is 0 Å². The van der Waals surface area contributed by atoms with Crippen molar-refractivity contribution in [2.24, 2.45) is 0 Å². The van der Waals surface area contributed by atoms with Gasteiger partial charge in [0.25, 0.3) is 0 Å². The fraction of sp³-hybridized carbons (Fsp3) is 0.280. The van der Waals surface area contributed by atoms with Crippen molar-refractivity contribution in [3.63, 3.8) is 0 Å². The minimum absolute atomic E-state index is 0.000461. The molecule has 0 bridgehead atoms. The fourth-order valence-corrected chi connectivity index (χ4v) is 3.46. The third-order valence-corrected chi connectivity index (χ3v) is 5.12. The summed E-state index contributed by atoms with van der Waals surface area (Å²) in [6.07, 6.45) is 8.91. The Morgan fingerprint density at radius 2 is 1.80 bits per heavy atom. The second-order valence-corrected chi connectivity index (χ2v) is 7.33. The Morgan fingerprint density at radius 1 is 1.07 bits per heavy atom. The highest BCUT2D eigenvalue weighted by molar-refractivity contribution is 5.95. The normalized spacial score (nSPS) is 11.3. The van der Waals surface area contributed by atoms with Gasteiger partial charge in [-0.3, -0.25) is 9.13 Å². The molecule has 1 aromatic heterocycles. The number of hydrogen-bond donors (Lipinski definition) is 1. The molecule has 0 aliphatic carbocycles. The van der Waals surface area contributed by atoms with Crippen LogP contribution in [0.5, 0.6) is 0 Å². The summed E-state index contributed by atoms with van der Waals surface area (Å²) in [5, 5.41) is 9.43. The first kappa shape index (κ1) is 21.4. The zero-order chi connectivity index (χ0) is 21.5. The lowest BCUT2D eigenvalue weighted by Crippen LogP contribution is -2.25. The maximum Gasteiger partial charge on any atom is 0.336 e. The van der Waals surface area contributed by atoms with Crippen LogP contribution >= 0.6 is 0 Å². The molecule has 0 saturated heterocycles. The number of benzene rings is 2. The third kappa shape index (κ3) is 4.79. The first-order valence-corrected chi connectivity index (χ1v) is 10.4. The van der Waals surface area contributed by atoms with Crippen LogP contribution < -0.4 is 5.69 Å². The number of hydrogen-bond acceptors (Lipinski definition) is 2. The second-order valence-electron chi connectivity index (χ2n) is 7.33. The molecule has 156 valence electrons. The van der Waals surface area contributed by atoms with Crippen molar-refractivity contribution < 1.29 is 9.90 Å². The van der Waals surface area contributed by atoms with Crippen molar-refractivity contribution >= 4 is 12.0 Å². The smallest absolute Gasteiger partial charge is 0.336 e. The molecule has 3 rings (SSSR count). The van der Waals surface area contributed by atoms with Gasteiger partial charge in [0.15, 0.2) is 0 Å². The molecule has 0 aliphatic heterocycles. The Hall–Kier alpha value is -3.34. The van der Waals surface area contributed by atoms with Crippen LogP contribution in [-0.4, -0.2) is 20.2 Å². The number of carboxylic acids is 1. The van der Waals surface area contributed by atoms with E-state index in [0.717, 1.165) is 42.6 Å². The number of carbonyl (C=O) groups is 1. The van der Waals surface area contributed by atoms with Gasteiger partial charge in [-0.25, -0.2) is 9.59 Å². The van der Waals surface area contributed by atoms with E-state index in [1.165, 1.54) is 0 Å². The molecule has 5 heteroatoms. The molecule has 0 amide bonds. The van der Waals surface area contributed by atoms with E-state index >= 15 is 0 Å². The van der Waals surface area contributed by atoms with Crippen molar-refractivity contribution in [3.8, 4) is 11.1 Å². The Bertz CT molecular complexity index is 1090. The van der Waals surface area contributed by atoms with Gasteiger partial charge in [0.1, 0.15) is 0 Å². The lowest BCUT2D eigenvalue weighted by Gasteiger charge is -2.09. The Labute approximate surface area is 176 Å². The van der Waals surface area contributed by atoms with E-state index in [9.17, 15) is 14.7 Å². The lowest BCUT2D eigenvalue weighted by molar-refractivity contribution is 0.0697. The van der Waals surface area contributed by atoms with Crippen molar-refractivity contribution in [2.45, 2.75) is 46.2 Å². The van der Waals surface area contributed by atoms with Crippen molar-refractivity contribution in [1.29, 1.82) is 0 Å². The van der Waals surface area contributed by atoms with Crippen LogP contribution in [0.3, 0.4) is 0 Å². The van der Waals surface area contributed by atoms with Crippen LogP contribution in [0.1, 0.15) is 54.7 Å². The molecule has 30 heavy (non-hydrogen) atoms. The number of carboxylic acid groups (broad SMARTS) is 1. The predicted molar refractivity (Wildman–Crippen MR) is 121 cm³/mol. The van der Waals surface area contributed by atoms with Crippen molar-refractivity contribution in [3.05, 3.63) is 88.1 Å². The predicted octanol–water partition coefficient (Wildman–Crippen LogP) is 5.29. The summed E-state index contributed by atoms with van der Waals surface area (Å²) >= 11 is 0. The van der Waals surface area contributed by atoms with Gasteiger partial charge in [-0.2, -0.15) is 0 Å². The van der Waals surface area contributed by atoms with Gasteiger partial charge in [0.05, 0.1) is 17.8 Å². The molecule has 0 fully saturated rings. The van der Waals surface area contributed by atoms with Gasteiger partial charge in [-0.05, 0) is 41.7 Å². The van der Waals surface area contributed by atoms with E-state index in [-0.39, 0.29) is 11.3 Å². The maximum atomic E-state index is 12.9. The second kappa shape index (κ2) is 9.92. The van der Waals surface area contributed by atoms with Crippen LogP contribution in [0, 0.1) is 0 Å². The number of imidazole rings is 1. The van der Waals surface area contributed by atoms with Gasteiger partial charge < -0.3 is 5.11 Å². The molecule has 0 radical (unpaired) electrons. The molecule has 0 saturated carbocycles. The summed E-state index contributed by atoms with van der Waals surface area (Å²) in [4.78, 5) is 24.4. The Morgan fingerprint density at radius 3 is 2.47 bits per heavy atom. The van der Waals surface area contributed by atoms with Gasteiger partial charge in [-0.1, -0.05) is 68.8 Å². The molecule has 0 unspecified atom stereocenters. The zero-order valence-corrected chi connectivity index (χ0v) is 17.5. The topological polar surface area (TPSA) is 64.2 Å². The molecule has 0 aliphatic rings. The summed E-state index contributed by atoms with van der Waals surface area (Å²) in [5.74, 6) is -0.943. The number of aromatic carboxylic acids is 1. The minimum Gasteiger partial charge on any atom is -0.478 e. The first-order valence-electron chi connectivity index (χ1n) is 10.4. The van der Waals surface area contributed by atoms with Crippen LogP contribution in [0.25, 0.3) is 17.2 Å². The number of rotatable bonds is 9. The summed E-state index contributed by atoms with van der Waals surface area (Å²) in [6.45, 7) is 5.38. The highest BCUT2D eigenvalue weighted by Crippen LogP contribution is 2.24. The Balaban J connectivity index is 1.90. The third-order valence-electron chi connectivity index (χ3n) is 5.12. The summed E-state index contributed by atoms with van der Waals surface area (Å²) in [7, 11) is 0. The molecule has 0 atom stereocenters. The molecular weight excluding hydrogens is 376 g/mol. The zero-order valence-electron chi connectivity index (χ0n) is 17.5. The van der Waals surface area contributed by atoms with Crippen molar-refractivity contribution in [2.75, 3.05) is 0 Å². The molecule has 0 spiro atoms. The summed E-state index contributed by atoms with van der Waals surface area (Å²) in [5.41, 5.74) is 3.70. The minimum atomic E-state index is -0.943. The van der Waals surface area contributed by atoms with E-state index in [2.05, 4.69) is 19.9 Å². The summed E-state index contributed by atoms with van der Waals surface area (Å²) < 4.78 is 3.58. The quantitative estimate of drug-likeness (QED) is 0.527. The van der Waals surface area contributed by atoms with E-state index in [0.29, 0.717) is 12.1 Å². The van der Waals surface area contributed by atoms with E-state index in [1.807, 2.05) is 48.7 Å². The van der Waals surface area contributed by atoms with E-state index in [1.54, 1.807) is 21.3 Å². The SMILES string of the molecule is CCC=Cc1cn(CCCC)c(=O)n1Cc1ccc(-c2ccccc2C(=O)O)cc1.